The molecule has 3 N–H and O–H groups in total. The van der Waals surface area contributed by atoms with Gasteiger partial charge in [-0.05, 0) is 67.9 Å². The maximum Gasteiger partial charge on any atom is 0.328 e. The summed E-state index contributed by atoms with van der Waals surface area (Å²) in [5.41, 5.74) is 1.61. The zero-order valence-corrected chi connectivity index (χ0v) is 18.5. The topological polar surface area (TPSA) is 100 Å². The summed E-state index contributed by atoms with van der Waals surface area (Å²) >= 11 is 0. The number of carbonyl (C=O) groups is 3. The second kappa shape index (κ2) is 8.26. The SMILES string of the molecule is COC(=O)[C@@H](Cc1c[nH]c2ccccc12)NC(=O)CNC(=O)C12CC3CC(CC(C3)C1)C2. The van der Waals surface area contributed by atoms with Crippen LogP contribution in [0.15, 0.2) is 30.5 Å². The van der Waals surface area contributed by atoms with E-state index in [1.165, 1.54) is 26.4 Å². The Labute approximate surface area is 187 Å². The molecule has 4 aliphatic carbocycles. The number of para-hydroxylation sites is 1. The predicted octanol–water partition coefficient (Wildman–Crippen LogP) is 2.70. The Balaban J connectivity index is 1.21. The van der Waals surface area contributed by atoms with Crippen LogP contribution in [0.1, 0.15) is 44.1 Å². The quantitative estimate of drug-likeness (QED) is 0.580. The fourth-order valence-corrected chi connectivity index (χ4v) is 6.84. The van der Waals surface area contributed by atoms with Crippen molar-refractivity contribution in [2.45, 2.75) is 51.0 Å². The van der Waals surface area contributed by atoms with Crippen LogP contribution >= 0.6 is 0 Å². The molecule has 7 nitrogen and oxygen atoms in total. The number of H-pyrrole nitrogens is 1. The molecule has 4 aliphatic rings. The Morgan fingerprint density at radius 1 is 1.09 bits per heavy atom. The van der Waals surface area contributed by atoms with Crippen LogP contribution in [0.5, 0.6) is 0 Å². The fourth-order valence-electron chi connectivity index (χ4n) is 6.84. The summed E-state index contributed by atoms with van der Waals surface area (Å²) < 4.78 is 4.91. The van der Waals surface area contributed by atoms with Gasteiger partial charge in [-0.15, -0.1) is 0 Å². The third-order valence-electron chi connectivity index (χ3n) is 7.85. The third kappa shape index (κ3) is 3.89. The molecule has 32 heavy (non-hydrogen) atoms. The van der Waals surface area contributed by atoms with E-state index >= 15 is 0 Å². The van der Waals surface area contributed by atoms with E-state index in [0.717, 1.165) is 35.7 Å². The molecule has 1 aromatic heterocycles. The van der Waals surface area contributed by atoms with E-state index in [0.29, 0.717) is 24.2 Å². The zero-order chi connectivity index (χ0) is 22.3. The second-order valence-electron chi connectivity index (χ2n) is 10.1. The van der Waals surface area contributed by atoms with Crippen molar-refractivity contribution in [2.24, 2.45) is 23.2 Å². The summed E-state index contributed by atoms with van der Waals surface area (Å²) in [5, 5.41) is 6.64. The van der Waals surface area contributed by atoms with Crippen LogP contribution in [0.4, 0.5) is 0 Å². The molecule has 2 amide bonds. The van der Waals surface area contributed by atoms with Crippen molar-refractivity contribution in [1.29, 1.82) is 0 Å². The molecule has 4 fully saturated rings. The average molecular weight is 438 g/mol. The van der Waals surface area contributed by atoms with Gasteiger partial charge in [-0.3, -0.25) is 9.59 Å². The fraction of sp³-hybridized carbons (Fsp3) is 0.560. The third-order valence-corrected chi connectivity index (χ3v) is 7.85. The molecule has 4 bridgehead atoms. The number of amides is 2. The van der Waals surface area contributed by atoms with Gasteiger partial charge >= 0.3 is 5.97 Å². The van der Waals surface area contributed by atoms with E-state index in [4.69, 9.17) is 4.74 Å². The smallest absolute Gasteiger partial charge is 0.328 e. The lowest BCUT2D eigenvalue weighted by Gasteiger charge is -2.55. The van der Waals surface area contributed by atoms with Crippen LogP contribution in [-0.2, 0) is 25.5 Å². The highest BCUT2D eigenvalue weighted by molar-refractivity contribution is 5.91. The first kappa shape index (κ1) is 21.0. The molecule has 0 aliphatic heterocycles. The van der Waals surface area contributed by atoms with Crippen molar-refractivity contribution >= 4 is 28.7 Å². The van der Waals surface area contributed by atoms with E-state index in [2.05, 4.69) is 15.6 Å². The minimum atomic E-state index is -0.817. The molecule has 0 radical (unpaired) electrons. The number of aromatic amines is 1. The van der Waals surface area contributed by atoms with Gasteiger partial charge in [-0.25, -0.2) is 4.79 Å². The van der Waals surface area contributed by atoms with Gasteiger partial charge in [-0.2, -0.15) is 0 Å². The Bertz CT molecular complexity index is 1010. The van der Waals surface area contributed by atoms with Crippen molar-refractivity contribution in [3.63, 3.8) is 0 Å². The van der Waals surface area contributed by atoms with E-state index in [9.17, 15) is 14.4 Å². The van der Waals surface area contributed by atoms with Crippen molar-refractivity contribution in [3.05, 3.63) is 36.0 Å². The number of esters is 1. The van der Waals surface area contributed by atoms with Gasteiger partial charge in [0.25, 0.3) is 0 Å². The molecular formula is C25H31N3O4. The lowest BCUT2D eigenvalue weighted by molar-refractivity contribution is -0.147. The van der Waals surface area contributed by atoms with Crippen molar-refractivity contribution < 1.29 is 19.1 Å². The van der Waals surface area contributed by atoms with Gasteiger partial charge in [-0.1, -0.05) is 18.2 Å². The normalized spacial score (nSPS) is 29.0. The van der Waals surface area contributed by atoms with E-state index in [1.807, 2.05) is 30.5 Å². The van der Waals surface area contributed by atoms with Crippen molar-refractivity contribution in [1.82, 2.24) is 15.6 Å². The molecule has 7 heteroatoms. The average Bonchev–Trinajstić information content (AvgIpc) is 3.18. The minimum Gasteiger partial charge on any atom is -0.467 e. The number of hydrogen-bond acceptors (Lipinski definition) is 4. The first-order chi connectivity index (χ1) is 15.5. The Morgan fingerprint density at radius 2 is 1.75 bits per heavy atom. The molecule has 0 unspecified atom stereocenters. The van der Waals surface area contributed by atoms with E-state index in [1.54, 1.807) is 0 Å². The molecular weight excluding hydrogens is 406 g/mol. The van der Waals surface area contributed by atoms with Crippen LogP contribution in [-0.4, -0.2) is 42.5 Å². The maximum atomic E-state index is 13.1. The van der Waals surface area contributed by atoms with Crippen molar-refractivity contribution in [3.8, 4) is 0 Å². The molecule has 1 heterocycles. The number of aromatic nitrogens is 1. The Hall–Kier alpha value is -2.83. The number of fused-ring (bicyclic) bond motifs is 1. The zero-order valence-electron chi connectivity index (χ0n) is 18.5. The highest BCUT2D eigenvalue weighted by atomic mass is 16.5. The molecule has 2 aromatic rings. The Morgan fingerprint density at radius 3 is 2.41 bits per heavy atom. The Kier molecular flexibility index (Phi) is 5.43. The van der Waals surface area contributed by atoms with Crippen LogP contribution in [0.25, 0.3) is 10.9 Å². The molecule has 0 saturated heterocycles. The number of hydrogen-bond donors (Lipinski definition) is 3. The number of benzene rings is 1. The van der Waals surface area contributed by atoms with Gasteiger partial charge in [0.05, 0.1) is 13.7 Å². The summed E-state index contributed by atoms with van der Waals surface area (Å²) in [4.78, 5) is 41.3. The molecule has 0 spiro atoms. The number of ether oxygens (including phenoxy) is 1. The van der Waals surface area contributed by atoms with Gasteiger partial charge in [0.2, 0.25) is 11.8 Å². The molecule has 1 aromatic carbocycles. The first-order valence-corrected chi connectivity index (χ1v) is 11.7. The number of rotatable bonds is 7. The van der Waals surface area contributed by atoms with Crippen LogP contribution in [0.2, 0.25) is 0 Å². The summed E-state index contributed by atoms with van der Waals surface area (Å²) in [7, 11) is 1.31. The van der Waals surface area contributed by atoms with E-state index in [-0.39, 0.29) is 23.8 Å². The summed E-state index contributed by atoms with van der Waals surface area (Å²) in [6, 6.07) is 7.00. The van der Waals surface area contributed by atoms with Gasteiger partial charge in [0.1, 0.15) is 6.04 Å². The van der Waals surface area contributed by atoms with Gasteiger partial charge in [0.15, 0.2) is 0 Å². The standard InChI is InChI=1S/C25H31N3O4/c1-32-23(30)21(9-18-13-26-20-5-3-2-4-19(18)20)28-22(29)14-27-24(31)25-10-15-6-16(11-25)8-17(7-15)12-25/h2-5,13,15-17,21,26H,6-12,14H2,1H3,(H,27,31)(H,28,29)/t15?,16?,17?,21-,25?/m1/s1. The predicted molar refractivity (Wildman–Crippen MR) is 120 cm³/mol. The number of carbonyl (C=O) groups excluding carboxylic acids is 3. The molecule has 170 valence electrons. The highest BCUT2D eigenvalue weighted by Gasteiger charge is 2.54. The van der Waals surface area contributed by atoms with E-state index < -0.39 is 12.0 Å². The van der Waals surface area contributed by atoms with Gasteiger partial charge in [0, 0.05) is 28.9 Å². The minimum absolute atomic E-state index is 0.0120. The van der Waals surface area contributed by atoms with Crippen molar-refractivity contribution in [2.75, 3.05) is 13.7 Å². The van der Waals surface area contributed by atoms with Gasteiger partial charge < -0.3 is 20.4 Å². The lowest BCUT2D eigenvalue weighted by Crippen LogP contribution is -2.55. The number of nitrogens with one attached hydrogen (secondary N) is 3. The maximum absolute atomic E-state index is 13.1. The highest BCUT2D eigenvalue weighted by Crippen LogP contribution is 2.60. The van der Waals surface area contributed by atoms with Crippen LogP contribution in [0.3, 0.4) is 0 Å². The van der Waals surface area contributed by atoms with Crippen LogP contribution < -0.4 is 10.6 Å². The molecule has 6 rings (SSSR count). The van der Waals surface area contributed by atoms with Crippen LogP contribution in [0, 0.1) is 23.2 Å². The monoisotopic (exact) mass is 437 g/mol. The number of methoxy groups -OCH3 is 1. The molecule has 4 saturated carbocycles. The second-order valence-corrected chi connectivity index (χ2v) is 10.1. The lowest BCUT2D eigenvalue weighted by atomic mass is 9.49. The largest absolute Gasteiger partial charge is 0.467 e. The summed E-state index contributed by atoms with van der Waals surface area (Å²) in [5.74, 6) is 1.13. The summed E-state index contributed by atoms with van der Waals surface area (Å²) in [6.07, 6.45) is 8.82. The first-order valence-electron chi connectivity index (χ1n) is 11.7. The summed E-state index contributed by atoms with van der Waals surface area (Å²) in [6.45, 7) is -0.123. The molecule has 1 atom stereocenters.